The summed E-state index contributed by atoms with van der Waals surface area (Å²) in [5.74, 6) is 1.04. The second-order valence-corrected chi connectivity index (χ2v) is 9.19. The molecule has 1 saturated heterocycles. The lowest BCUT2D eigenvalue weighted by molar-refractivity contribution is 0.102. The lowest BCUT2D eigenvalue weighted by Crippen LogP contribution is -2.50. The highest BCUT2D eigenvalue weighted by Crippen LogP contribution is 2.44. The van der Waals surface area contributed by atoms with E-state index in [1.807, 2.05) is 18.1 Å². The monoisotopic (exact) mass is 375 g/mol. The zero-order valence-electron chi connectivity index (χ0n) is 17.8. The quantitative estimate of drug-likeness (QED) is 0.791. The van der Waals surface area contributed by atoms with Gasteiger partial charge in [0, 0.05) is 43.9 Å². The number of H-pyrrole nitrogens is 1. The van der Waals surface area contributed by atoms with E-state index >= 15 is 0 Å². The van der Waals surface area contributed by atoms with Crippen molar-refractivity contribution in [2.24, 2.45) is 5.92 Å². The van der Waals surface area contributed by atoms with E-state index in [0.29, 0.717) is 11.8 Å². The van der Waals surface area contributed by atoms with Crippen LogP contribution < -0.4 is 0 Å². The topological polar surface area (TPSA) is 55.5 Å². The normalized spacial score (nSPS) is 26.2. The molecule has 2 aliphatic rings. The van der Waals surface area contributed by atoms with Gasteiger partial charge in [-0.1, -0.05) is 20.8 Å². The van der Waals surface area contributed by atoms with Crippen molar-refractivity contribution in [2.75, 3.05) is 33.7 Å². The molecular weight excluding hydrogens is 338 g/mol. The summed E-state index contributed by atoms with van der Waals surface area (Å²) in [6.45, 7) is 10.4. The minimum absolute atomic E-state index is 0.0335. The van der Waals surface area contributed by atoms with E-state index in [4.69, 9.17) is 0 Å². The van der Waals surface area contributed by atoms with E-state index in [1.54, 1.807) is 0 Å². The number of carbonyl (C=O) groups is 1. The second kappa shape index (κ2) is 8.21. The molecule has 27 heavy (non-hydrogen) atoms. The zero-order valence-corrected chi connectivity index (χ0v) is 17.8. The Morgan fingerprint density at radius 1 is 1.37 bits per heavy atom. The molecule has 0 atom stereocenters. The molecule has 0 bridgehead atoms. The SMILES string of the molecule is CCCN(C)Cc1cn[nH]c1C1CCC2(CC1)CN(C)C(=O)N2CC(C)C. The van der Waals surface area contributed by atoms with Gasteiger partial charge in [-0.05, 0) is 51.6 Å². The fourth-order valence-electron chi connectivity index (χ4n) is 5.06. The van der Waals surface area contributed by atoms with E-state index in [9.17, 15) is 4.79 Å². The van der Waals surface area contributed by atoms with Crippen LogP contribution in [0, 0.1) is 5.92 Å². The van der Waals surface area contributed by atoms with Crippen molar-refractivity contribution >= 4 is 6.03 Å². The van der Waals surface area contributed by atoms with Crippen LogP contribution in [0.1, 0.15) is 70.1 Å². The van der Waals surface area contributed by atoms with E-state index < -0.39 is 0 Å². The third kappa shape index (κ3) is 4.15. The summed E-state index contributed by atoms with van der Waals surface area (Å²) < 4.78 is 0. The molecule has 2 fully saturated rings. The van der Waals surface area contributed by atoms with Crippen LogP contribution in [0.25, 0.3) is 0 Å². The number of hydrogen-bond acceptors (Lipinski definition) is 3. The Morgan fingerprint density at radius 2 is 2.07 bits per heavy atom. The van der Waals surface area contributed by atoms with Gasteiger partial charge in [-0.25, -0.2) is 4.79 Å². The fraction of sp³-hybridized carbons (Fsp3) is 0.810. The van der Waals surface area contributed by atoms with Crippen molar-refractivity contribution in [1.29, 1.82) is 0 Å². The smallest absolute Gasteiger partial charge is 0.320 e. The van der Waals surface area contributed by atoms with E-state index in [0.717, 1.165) is 51.9 Å². The van der Waals surface area contributed by atoms with Gasteiger partial charge < -0.3 is 14.7 Å². The average molecular weight is 376 g/mol. The first-order valence-electron chi connectivity index (χ1n) is 10.6. The lowest BCUT2D eigenvalue weighted by Gasteiger charge is -2.43. The predicted molar refractivity (Wildman–Crippen MR) is 109 cm³/mol. The molecule has 1 aliphatic carbocycles. The molecule has 1 saturated carbocycles. The second-order valence-electron chi connectivity index (χ2n) is 9.19. The molecule has 0 unspecified atom stereocenters. The number of aromatic amines is 1. The Morgan fingerprint density at radius 3 is 2.70 bits per heavy atom. The van der Waals surface area contributed by atoms with E-state index in [2.05, 4.69) is 47.8 Å². The number of aromatic nitrogens is 2. The maximum absolute atomic E-state index is 12.7. The van der Waals surface area contributed by atoms with Crippen molar-refractivity contribution in [3.05, 3.63) is 17.5 Å². The van der Waals surface area contributed by atoms with Crippen molar-refractivity contribution < 1.29 is 4.79 Å². The number of likely N-dealkylation sites (N-methyl/N-ethyl adjacent to an activating group) is 1. The van der Waals surface area contributed by atoms with Gasteiger partial charge in [-0.15, -0.1) is 0 Å². The number of urea groups is 1. The van der Waals surface area contributed by atoms with Gasteiger partial charge in [-0.2, -0.15) is 5.10 Å². The predicted octanol–water partition coefficient (Wildman–Crippen LogP) is 3.67. The van der Waals surface area contributed by atoms with Crippen LogP contribution in [0.5, 0.6) is 0 Å². The van der Waals surface area contributed by atoms with Gasteiger partial charge in [0.2, 0.25) is 0 Å². The third-order valence-electron chi connectivity index (χ3n) is 6.33. The summed E-state index contributed by atoms with van der Waals surface area (Å²) >= 11 is 0. The molecule has 0 radical (unpaired) electrons. The molecule has 1 aromatic rings. The van der Waals surface area contributed by atoms with Crippen molar-refractivity contribution in [1.82, 2.24) is 24.9 Å². The van der Waals surface area contributed by atoms with Crippen molar-refractivity contribution in [3.63, 3.8) is 0 Å². The first-order valence-corrected chi connectivity index (χ1v) is 10.6. The van der Waals surface area contributed by atoms with Gasteiger partial charge in [0.15, 0.2) is 0 Å². The van der Waals surface area contributed by atoms with Crippen molar-refractivity contribution in [3.8, 4) is 0 Å². The van der Waals surface area contributed by atoms with Gasteiger partial charge in [0.05, 0.1) is 11.7 Å². The number of nitrogens with zero attached hydrogens (tertiary/aromatic N) is 4. The molecule has 0 aromatic carbocycles. The summed E-state index contributed by atoms with van der Waals surface area (Å²) in [5.41, 5.74) is 2.69. The van der Waals surface area contributed by atoms with Crippen LogP contribution in [-0.2, 0) is 6.54 Å². The van der Waals surface area contributed by atoms with Gasteiger partial charge in [0.25, 0.3) is 0 Å². The summed E-state index contributed by atoms with van der Waals surface area (Å²) in [7, 11) is 4.13. The van der Waals surface area contributed by atoms with Crippen LogP contribution in [0.4, 0.5) is 4.79 Å². The standard InChI is InChI=1S/C21H37N5O/c1-6-11-24(4)14-18-12-22-23-19(18)17-7-9-21(10-8-17)15-25(5)20(27)26(21)13-16(2)3/h12,16-17H,6-11,13-15H2,1-5H3,(H,22,23). The fourth-order valence-corrected chi connectivity index (χ4v) is 5.06. The van der Waals surface area contributed by atoms with E-state index in [1.165, 1.54) is 17.7 Å². The minimum atomic E-state index is 0.0335. The maximum atomic E-state index is 12.7. The molecule has 2 amide bonds. The van der Waals surface area contributed by atoms with Crippen LogP contribution in [0.2, 0.25) is 0 Å². The summed E-state index contributed by atoms with van der Waals surface area (Å²) in [4.78, 5) is 19.2. The van der Waals surface area contributed by atoms with Crippen LogP contribution >= 0.6 is 0 Å². The van der Waals surface area contributed by atoms with E-state index in [-0.39, 0.29) is 11.6 Å². The number of hydrogen-bond donors (Lipinski definition) is 1. The first-order chi connectivity index (χ1) is 12.9. The highest BCUT2D eigenvalue weighted by atomic mass is 16.2. The molecule has 6 heteroatoms. The number of amides is 2. The van der Waals surface area contributed by atoms with Crippen molar-refractivity contribution in [2.45, 2.75) is 70.9 Å². The van der Waals surface area contributed by atoms with Crippen LogP contribution in [-0.4, -0.2) is 70.2 Å². The summed E-state index contributed by atoms with van der Waals surface area (Å²) in [6.07, 6.45) is 7.60. The largest absolute Gasteiger partial charge is 0.325 e. The number of nitrogens with one attached hydrogen (secondary N) is 1. The highest BCUT2D eigenvalue weighted by Gasteiger charge is 2.50. The Hall–Kier alpha value is -1.56. The maximum Gasteiger partial charge on any atom is 0.320 e. The molecule has 1 N–H and O–H groups in total. The Labute approximate surface area is 164 Å². The zero-order chi connectivity index (χ0) is 19.6. The molecule has 152 valence electrons. The summed E-state index contributed by atoms with van der Waals surface area (Å²) in [5, 5.41) is 7.65. The minimum Gasteiger partial charge on any atom is -0.325 e. The van der Waals surface area contributed by atoms with Gasteiger partial charge >= 0.3 is 6.03 Å². The Bertz CT molecular complexity index is 632. The van der Waals surface area contributed by atoms with Gasteiger partial charge in [-0.3, -0.25) is 5.10 Å². The molecule has 3 rings (SSSR count). The van der Waals surface area contributed by atoms with Gasteiger partial charge in [0.1, 0.15) is 0 Å². The molecule has 1 aromatic heterocycles. The van der Waals surface area contributed by atoms with Crippen LogP contribution in [0.3, 0.4) is 0 Å². The Kier molecular flexibility index (Phi) is 6.14. The number of rotatable bonds is 7. The molecular formula is C21H37N5O. The average Bonchev–Trinajstić information content (AvgIpc) is 3.15. The molecule has 2 heterocycles. The summed E-state index contributed by atoms with van der Waals surface area (Å²) in [6, 6.07) is 0.213. The number of carbonyl (C=O) groups excluding carboxylic acids is 1. The molecule has 6 nitrogen and oxygen atoms in total. The highest BCUT2D eigenvalue weighted by molar-refractivity contribution is 5.78. The van der Waals surface area contributed by atoms with Crippen LogP contribution in [0.15, 0.2) is 6.20 Å². The molecule has 1 spiro atoms. The third-order valence-corrected chi connectivity index (χ3v) is 6.33. The molecule has 1 aliphatic heterocycles. The first kappa shape index (κ1) is 20.2. The lowest BCUT2D eigenvalue weighted by atomic mass is 9.74. The Balaban J connectivity index is 1.68.